The first-order chi connectivity index (χ1) is 19.6. The second kappa shape index (κ2) is 10.8. The number of fused-ring (bicyclic) bond motifs is 2. The first-order valence-corrected chi connectivity index (χ1v) is 14.8. The number of H-pyrrole nitrogens is 1. The molecule has 0 unspecified atom stereocenters. The molecule has 0 bridgehead atoms. The molecule has 208 valence electrons. The lowest BCUT2D eigenvalue weighted by Gasteiger charge is -2.28. The first kappa shape index (κ1) is 25.4. The summed E-state index contributed by atoms with van der Waals surface area (Å²) in [5.74, 6) is 1.47. The van der Waals surface area contributed by atoms with Crippen molar-refractivity contribution in [2.24, 2.45) is 0 Å². The molecule has 40 heavy (non-hydrogen) atoms. The van der Waals surface area contributed by atoms with Gasteiger partial charge in [0.2, 0.25) is 11.8 Å². The zero-order valence-electron chi connectivity index (χ0n) is 22.2. The Morgan fingerprint density at radius 3 is 2.48 bits per heavy atom. The van der Waals surface area contributed by atoms with Crippen molar-refractivity contribution < 1.29 is 14.3 Å². The number of ether oxygens (including phenoxy) is 1. The Labute approximate surface area is 235 Å². The van der Waals surface area contributed by atoms with Gasteiger partial charge in [0.05, 0.1) is 48.2 Å². The van der Waals surface area contributed by atoms with E-state index in [0.717, 1.165) is 76.2 Å². The quantitative estimate of drug-likeness (QED) is 0.270. The first-order valence-electron chi connectivity index (χ1n) is 14.0. The minimum absolute atomic E-state index is 0.0351. The maximum atomic E-state index is 12.7. The molecular weight excluding hydrogens is 528 g/mol. The molecule has 1 saturated heterocycles. The number of carbonyl (C=O) groups is 2. The van der Waals surface area contributed by atoms with Crippen LogP contribution in [0.25, 0.3) is 32.5 Å². The fourth-order valence-corrected chi connectivity index (χ4v) is 6.27. The Hall–Kier alpha value is -3.61. The van der Waals surface area contributed by atoms with E-state index in [4.69, 9.17) is 14.7 Å². The molecule has 12 heteroatoms. The Morgan fingerprint density at radius 2 is 1.77 bits per heavy atom. The molecule has 2 saturated carbocycles. The van der Waals surface area contributed by atoms with Crippen LogP contribution in [0.5, 0.6) is 0 Å². The average Bonchev–Trinajstić information content (AvgIpc) is 3.85. The summed E-state index contributed by atoms with van der Waals surface area (Å²) < 4.78 is 6.62. The molecule has 0 atom stereocenters. The molecule has 11 nitrogen and oxygen atoms in total. The number of nitrogens with zero attached hydrogens (tertiary/aromatic N) is 5. The van der Waals surface area contributed by atoms with Crippen molar-refractivity contribution in [3.63, 3.8) is 0 Å². The predicted molar refractivity (Wildman–Crippen MR) is 153 cm³/mol. The summed E-state index contributed by atoms with van der Waals surface area (Å²) in [6.07, 6.45) is 5.93. The number of hydrogen-bond donors (Lipinski definition) is 3. The van der Waals surface area contributed by atoms with Crippen LogP contribution in [0.2, 0.25) is 0 Å². The van der Waals surface area contributed by atoms with E-state index in [-0.39, 0.29) is 37.0 Å². The minimum atomic E-state index is -0.0351. The van der Waals surface area contributed by atoms with Gasteiger partial charge in [0.25, 0.3) is 0 Å². The number of hydrogen-bond acceptors (Lipinski definition) is 9. The third-order valence-corrected chi connectivity index (χ3v) is 8.54. The van der Waals surface area contributed by atoms with Crippen LogP contribution in [0.3, 0.4) is 0 Å². The highest BCUT2D eigenvalue weighted by molar-refractivity contribution is 7.19. The van der Waals surface area contributed by atoms with Gasteiger partial charge in [-0.2, -0.15) is 5.10 Å². The third kappa shape index (κ3) is 5.65. The zero-order valence-corrected chi connectivity index (χ0v) is 23.0. The lowest BCUT2D eigenvalue weighted by Crippen LogP contribution is -2.43. The van der Waals surface area contributed by atoms with Crippen LogP contribution in [-0.4, -0.2) is 88.4 Å². The summed E-state index contributed by atoms with van der Waals surface area (Å²) in [7, 11) is 0. The fraction of sp³-hybridized carbons (Fsp3) is 0.464. The van der Waals surface area contributed by atoms with Crippen LogP contribution >= 0.6 is 11.3 Å². The highest BCUT2D eigenvalue weighted by atomic mass is 32.1. The lowest BCUT2D eigenvalue weighted by molar-refractivity contribution is -0.125. The number of morpholine rings is 1. The van der Waals surface area contributed by atoms with E-state index in [1.54, 1.807) is 11.3 Å². The van der Waals surface area contributed by atoms with Gasteiger partial charge < -0.3 is 20.3 Å². The van der Waals surface area contributed by atoms with Crippen molar-refractivity contribution in [3.8, 4) is 11.4 Å². The van der Waals surface area contributed by atoms with Gasteiger partial charge in [-0.25, -0.2) is 9.97 Å². The Balaban J connectivity index is 1.22. The highest BCUT2D eigenvalue weighted by Crippen LogP contribution is 2.36. The van der Waals surface area contributed by atoms with Crippen molar-refractivity contribution >= 4 is 50.1 Å². The summed E-state index contributed by atoms with van der Waals surface area (Å²) in [5, 5.41) is 14.3. The maximum Gasteiger partial charge on any atom is 0.234 e. The van der Waals surface area contributed by atoms with Gasteiger partial charge in [-0.05, 0) is 37.8 Å². The number of nitrogens with one attached hydrogen (secondary N) is 3. The number of rotatable bonds is 10. The van der Waals surface area contributed by atoms with Crippen molar-refractivity contribution in [1.29, 1.82) is 0 Å². The maximum absolute atomic E-state index is 12.7. The van der Waals surface area contributed by atoms with Gasteiger partial charge in [0.15, 0.2) is 11.6 Å². The number of thiophene rings is 1. The van der Waals surface area contributed by atoms with E-state index in [0.29, 0.717) is 25.6 Å². The molecule has 1 aliphatic heterocycles. The topological polar surface area (TPSA) is 128 Å². The van der Waals surface area contributed by atoms with Crippen LogP contribution in [0.4, 0.5) is 5.82 Å². The molecule has 3 aliphatic rings. The Morgan fingerprint density at radius 1 is 1.05 bits per heavy atom. The Kier molecular flexibility index (Phi) is 6.82. The predicted octanol–water partition coefficient (Wildman–Crippen LogP) is 2.43. The van der Waals surface area contributed by atoms with E-state index < -0.39 is 0 Å². The molecule has 0 radical (unpaired) electrons. The van der Waals surface area contributed by atoms with E-state index in [1.165, 1.54) is 0 Å². The van der Waals surface area contributed by atoms with Crippen molar-refractivity contribution in [1.82, 2.24) is 35.7 Å². The second-order valence-corrected chi connectivity index (χ2v) is 12.0. The molecule has 2 amide bonds. The average molecular weight is 561 g/mol. The summed E-state index contributed by atoms with van der Waals surface area (Å²) in [4.78, 5) is 40.7. The summed E-state index contributed by atoms with van der Waals surface area (Å²) in [6, 6.07) is 8.63. The van der Waals surface area contributed by atoms with Crippen LogP contribution in [0.1, 0.15) is 30.6 Å². The molecule has 0 spiro atoms. The summed E-state index contributed by atoms with van der Waals surface area (Å²) >= 11 is 1.63. The van der Waals surface area contributed by atoms with Gasteiger partial charge in [-0.15, -0.1) is 11.3 Å². The van der Waals surface area contributed by atoms with Crippen LogP contribution < -0.4 is 15.5 Å². The van der Waals surface area contributed by atoms with Gasteiger partial charge in [0, 0.05) is 47.5 Å². The standard InChI is InChI=1S/C28H32N8O3S/c37-24(30-17-4-5-17)15-35(16-25(38)31-18-6-7-18)14-19-12-23-26(40-19)28(36-8-10-39-11-9-36)33-27(32-23)20-2-1-3-22-21(20)13-29-34-22/h1-3,12-13,17-18H,4-11,14-16H2,(H,29,34)(H,30,37)(H,31,38). The molecule has 4 heterocycles. The third-order valence-electron chi connectivity index (χ3n) is 7.44. The minimum Gasteiger partial charge on any atom is -0.378 e. The molecule has 4 aromatic rings. The zero-order chi connectivity index (χ0) is 27.1. The van der Waals surface area contributed by atoms with E-state index in [9.17, 15) is 9.59 Å². The number of carbonyl (C=O) groups excluding carboxylic acids is 2. The van der Waals surface area contributed by atoms with Gasteiger partial charge in [-0.3, -0.25) is 19.6 Å². The van der Waals surface area contributed by atoms with Crippen LogP contribution in [0.15, 0.2) is 30.5 Å². The normalized spacial score (nSPS) is 17.6. The Bertz CT molecular complexity index is 1530. The number of amides is 2. The molecule has 3 N–H and O–H groups in total. The molecule has 7 rings (SSSR count). The molecular formula is C28H32N8O3S. The number of anilines is 1. The smallest absolute Gasteiger partial charge is 0.234 e. The molecule has 3 fully saturated rings. The fourth-order valence-electron chi connectivity index (χ4n) is 5.11. The van der Waals surface area contributed by atoms with Gasteiger partial charge in [0.1, 0.15) is 0 Å². The summed E-state index contributed by atoms with van der Waals surface area (Å²) in [5.41, 5.74) is 2.71. The lowest BCUT2D eigenvalue weighted by atomic mass is 10.1. The van der Waals surface area contributed by atoms with Crippen molar-refractivity contribution in [2.45, 2.75) is 44.3 Å². The number of aromatic amines is 1. The number of benzene rings is 1. The molecule has 2 aliphatic carbocycles. The number of aromatic nitrogens is 4. The van der Waals surface area contributed by atoms with E-state index in [2.05, 4.69) is 31.8 Å². The largest absolute Gasteiger partial charge is 0.378 e. The van der Waals surface area contributed by atoms with E-state index >= 15 is 0 Å². The monoisotopic (exact) mass is 560 g/mol. The van der Waals surface area contributed by atoms with Crippen molar-refractivity contribution in [2.75, 3.05) is 44.3 Å². The molecule has 3 aromatic heterocycles. The van der Waals surface area contributed by atoms with Crippen LogP contribution in [0, 0.1) is 0 Å². The SMILES string of the molecule is O=C(CN(CC(=O)NC1CC1)Cc1cc2nc(-c3cccc4[nH]ncc34)nc(N3CCOCC3)c2s1)NC1CC1. The van der Waals surface area contributed by atoms with Gasteiger partial charge >= 0.3 is 0 Å². The van der Waals surface area contributed by atoms with Crippen LogP contribution in [-0.2, 0) is 20.9 Å². The molecule has 1 aromatic carbocycles. The van der Waals surface area contributed by atoms with Gasteiger partial charge in [-0.1, -0.05) is 12.1 Å². The van der Waals surface area contributed by atoms with Crippen molar-refractivity contribution in [3.05, 3.63) is 35.3 Å². The highest BCUT2D eigenvalue weighted by Gasteiger charge is 2.28. The van der Waals surface area contributed by atoms with E-state index in [1.807, 2.05) is 29.3 Å². The second-order valence-electron chi connectivity index (χ2n) is 10.9. The summed E-state index contributed by atoms with van der Waals surface area (Å²) in [6.45, 7) is 3.64.